The summed E-state index contributed by atoms with van der Waals surface area (Å²) in [6.45, 7) is 5.09. The van der Waals surface area contributed by atoms with E-state index in [1.54, 1.807) is 20.8 Å². The van der Waals surface area contributed by atoms with Gasteiger partial charge in [-0.05, 0) is 45.0 Å². The first-order valence-electron chi connectivity index (χ1n) is 9.37. The molecule has 3 aromatic rings. The Morgan fingerprint density at radius 2 is 1.94 bits per heavy atom. The van der Waals surface area contributed by atoms with Gasteiger partial charge in [0, 0.05) is 11.1 Å². The molecule has 0 bridgehead atoms. The molecule has 5 N–H and O–H groups in total. The summed E-state index contributed by atoms with van der Waals surface area (Å²) in [5.41, 5.74) is 4.88. The normalized spacial score (nSPS) is 12.8. The van der Waals surface area contributed by atoms with E-state index in [0.717, 1.165) is 18.2 Å². The maximum atomic E-state index is 15.0. The van der Waals surface area contributed by atoms with Crippen molar-refractivity contribution in [2.45, 2.75) is 39.3 Å². The smallest absolute Gasteiger partial charge is 0.419 e. The Kier molecular flexibility index (Phi) is 6.51. The first-order chi connectivity index (χ1) is 14.9. The highest BCUT2D eigenvalue weighted by Gasteiger charge is 2.34. The fourth-order valence-electron chi connectivity index (χ4n) is 2.99. The van der Waals surface area contributed by atoms with Gasteiger partial charge in [-0.3, -0.25) is 5.10 Å². The maximum Gasteiger partial charge on any atom is 0.419 e. The molecule has 12 heteroatoms. The van der Waals surface area contributed by atoms with Gasteiger partial charge in [0.2, 0.25) is 0 Å². The van der Waals surface area contributed by atoms with E-state index in [9.17, 15) is 22.7 Å². The SMILES string of the molecule is Cc1n[nH]c(Cl)c1NC(O)c1cc(F)c(-c2ccc(C(F)(F)F)c(N)n2)cc1OC(C)C. The van der Waals surface area contributed by atoms with Gasteiger partial charge in [0.1, 0.15) is 22.5 Å². The Bertz CT molecular complexity index is 1110. The summed E-state index contributed by atoms with van der Waals surface area (Å²) >= 11 is 6.00. The third-order valence-corrected chi connectivity index (χ3v) is 4.72. The van der Waals surface area contributed by atoms with Crippen molar-refractivity contribution < 1.29 is 27.4 Å². The summed E-state index contributed by atoms with van der Waals surface area (Å²) < 4.78 is 59.6. The number of aromatic nitrogens is 3. The third-order valence-electron chi connectivity index (χ3n) is 4.45. The summed E-state index contributed by atoms with van der Waals surface area (Å²) in [5.74, 6) is -1.54. The number of aliphatic hydroxyl groups is 1. The Morgan fingerprint density at radius 3 is 2.47 bits per heavy atom. The number of aliphatic hydroxyl groups excluding tert-OH is 1. The average molecular weight is 474 g/mol. The number of nitrogens with zero attached hydrogens (tertiary/aromatic N) is 2. The van der Waals surface area contributed by atoms with Gasteiger partial charge in [0.25, 0.3) is 0 Å². The fourth-order valence-corrected chi connectivity index (χ4v) is 3.22. The number of nitrogens with one attached hydrogen (secondary N) is 2. The fraction of sp³-hybridized carbons (Fsp3) is 0.300. The monoisotopic (exact) mass is 473 g/mol. The summed E-state index contributed by atoms with van der Waals surface area (Å²) in [7, 11) is 0. The van der Waals surface area contributed by atoms with Crippen LogP contribution >= 0.6 is 11.6 Å². The number of nitrogen functional groups attached to an aromatic ring is 1. The molecule has 7 nitrogen and oxygen atoms in total. The van der Waals surface area contributed by atoms with Gasteiger partial charge >= 0.3 is 6.18 Å². The van der Waals surface area contributed by atoms with Gasteiger partial charge in [-0.15, -0.1) is 0 Å². The van der Waals surface area contributed by atoms with Gasteiger partial charge in [-0.2, -0.15) is 18.3 Å². The number of aryl methyl sites for hydroxylation is 1. The van der Waals surface area contributed by atoms with Crippen LogP contribution in [0.4, 0.5) is 29.1 Å². The van der Waals surface area contributed by atoms with E-state index in [1.807, 2.05) is 0 Å². The first kappa shape index (κ1) is 23.6. The van der Waals surface area contributed by atoms with Crippen molar-refractivity contribution in [2.75, 3.05) is 11.1 Å². The average Bonchev–Trinajstić information content (AvgIpc) is 2.99. The predicted molar refractivity (Wildman–Crippen MR) is 112 cm³/mol. The molecule has 2 heterocycles. The zero-order chi connectivity index (χ0) is 23.8. The number of rotatable bonds is 6. The van der Waals surface area contributed by atoms with Crippen molar-refractivity contribution in [2.24, 2.45) is 0 Å². The van der Waals surface area contributed by atoms with Gasteiger partial charge < -0.3 is 20.9 Å². The van der Waals surface area contributed by atoms with E-state index in [0.29, 0.717) is 11.4 Å². The van der Waals surface area contributed by atoms with Crippen LogP contribution in [-0.2, 0) is 6.18 Å². The number of benzene rings is 1. The molecular formula is C20H20ClF4N5O2. The molecular weight excluding hydrogens is 454 g/mol. The number of aromatic amines is 1. The lowest BCUT2D eigenvalue weighted by atomic mass is 10.0. The molecule has 0 aliphatic rings. The first-order valence-corrected chi connectivity index (χ1v) is 9.75. The van der Waals surface area contributed by atoms with E-state index in [-0.39, 0.29) is 33.8 Å². The van der Waals surface area contributed by atoms with Crippen LogP contribution in [0.5, 0.6) is 5.75 Å². The standard InChI is InChI=1S/C20H20ClF4N5O2/c1-8(2)32-15-7-10(14-5-4-12(18(26)27-14)20(23,24)25)13(22)6-11(15)19(31)28-16-9(3)29-30-17(16)21/h4-8,19,28,31H,1-3H3,(H2,26,27)(H,29,30). The highest BCUT2D eigenvalue weighted by molar-refractivity contribution is 6.32. The van der Waals surface area contributed by atoms with Crippen molar-refractivity contribution in [1.82, 2.24) is 15.2 Å². The second kappa shape index (κ2) is 8.83. The second-order valence-electron chi connectivity index (χ2n) is 7.21. The minimum absolute atomic E-state index is 0.0384. The molecule has 1 aromatic carbocycles. The Labute approximate surface area is 185 Å². The molecule has 0 amide bonds. The van der Waals surface area contributed by atoms with Crippen LogP contribution in [0.1, 0.15) is 36.9 Å². The summed E-state index contributed by atoms with van der Waals surface area (Å²) in [6.07, 6.45) is -6.48. The number of ether oxygens (including phenoxy) is 1. The molecule has 32 heavy (non-hydrogen) atoms. The molecule has 2 aromatic heterocycles. The molecule has 1 atom stereocenters. The number of alkyl halides is 3. The molecule has 3 rings (SSSR count). The van der Waals surface area contributed by atoms with Crippen LogP contribution in [0.25, 0.3) is 11.3 Å². The van der Waals surface area contributed by atoms with Crippen LogP contribution in [0.2, 0.25) is 5.15 Å². The topological polar surface area (TPSA) is 109 Å². The van der Waals surface area contributed by atoms with Gasteiger partial charge in [-0.1, -0.05) is 11.6 Å². The molecule has 1 unspecified atom stereocenters. The number of nitrogens with two attached hydrogens (primary N) is 1. The van der Waals surface area contributed by atoms with Crippen molar-refractivity contribution in [3.05, 3.63) is 52.1 Å². The van der Waals surface area contributed by atoms with Crippen LogP contribution in [0, 0.1) is 12.7 Å². The molecule has 0 fully saturated rings. The van der Waals surface area contributed by atoms with E-state index in [1.165, 1.54) is 6.07 Å². The number of H-pyrrole nitrogens is 1. The maximum absolute atomic E-state index is 15.0. The van der Waals surface area contributed by atoms with Crippen molar-refractivity contribution in [3.63, 3.8) is 0 Å². The Morgan fingerprint density at radius 1 is 1.25 bits per heavy atom. The third kappa shape index (κ3) is 4.89. The zero-order valence-corrected chi connectivity index (χ0v) is 17.9. The predicted octanol–water partition coefficient (Wildman–Crippen LogP) is 5.06. The summed E-state index contributed by atoms with van der Waals surface area (Å²) in [4.78, 5) is 3.70. The second-order valence-corrected chi connectivity index (χ2v) is 7.59. The van der Waals surface area contributed by atoms with Crippen molar-refractivity contribution >= 4 is 23.1 Å². The number of hydrogen-bond donors (Lipinski definition) is 4. The van der Waals surface area contributed by atoms with Gasteiger partial charge in [-0.25, -0.2) is 9.37 Å². The van der Waals surface area contributed by atoms with Crippen LogP contribution in [0.15, 0.2) is 24.3 Å². The summed E-state index contributed by atoms with van der Waals surface area (Å²) in [6, 6.07) is 3.99. The molecule has 0 aliphatic heterocycles. The lowest BCUT2D eigenvalue weighted by Crippen LogP contribution is -2.15. The number of halogens is 5. The highest BCUT2D eigenvalue weighted by Crippen LogP contribution is 2.38. The van der Waals surface area contributed by atoms with Crippen molar-refractivity contribution in [1.29, 1.82) is 0 Å². The minimum atomic E-state index is -4.69. The largest absolute Gasteiger partial charge is 0.491 e. The molecule has 0 spiro atoms. The number of hydrogen-bond acceptors (Lipinski definition) is 6. The van der Waals surface area contributed by atoms with Crippen molar-refractivity contribution in [3.8, 4) is 17.0 Å². The van der Waals surface area contributed by atoms with E-state index in [4.69, 9.17) is 22.1 Å². The van der Waals surface area contributed by atoms with E-state index >= 15 is 0 Å². The quantitative estimate of drug-likeness (QED) is 0.294. The van der Waals surface area contributed by atoms with E-state index < -0.39 is 29.6 Å². The minimum Gasteiger partial charge on any atom is -0.491 e. The molecule has 0 saturated carbocycles. The highest BCUT2D eigenvalue weighted by atomic mass is 35.5. The Balaban J connectivity index is 2.05. The molecule has 0 radical (unpaired) electrons. The van der Waals surface area contributed by atoms with E-state index in [2.05, 4.69) is 20.5 Å². The lowest BCUT2D eigenvalue weighted by Gasteiger charge is -2.21. The van der Waals surface area contributed by atoms with Crippen LogP contribution < -0.4 is 15.8 Å². The molecule has 0 aliphatic carbocycles. The Hall–Kier alpha value is -3.05. The van der Waals surface area contributed by atoms with Gasteiger partial charge in [0.15, 0.2) is 6.23 Å². The van der Waals surface area contributed by atoms with Crippen LogP contribution in [0.3, 0.4) is 0 Å². The zero-order valence-electron chi connectivity index (χ0n) is 17.2. The number of anilines is 2. The van der Waals surface area contributed by atoms with Gasteiger partial charge in [0.05, 0.1) is 28.7 Å². The number of pyridine rings is 1. The summed E-state index contributed by atoms with van der Waals surface area (Å²) in [5, 5.41) is 20.0. The molecule has 0 saturated heterocycles. The van der Waals surface area contributed by atoms with Crippen LogP contribution in [-0.4, -0.2) is 26.4 Å². The molecule has 172 valence electrons. The lowest BCUT2D eigenvalue weighted by molar-refractivity contribution is -0.137.